The highest BCUT2D eigenvalue weighted by Gasteiger charge is 2.26. The predicted octanol–water partition coefficient (Wildman–Crippen LogP) is 1.73. The number of urea groups is 1. The fraction of sp³-hybridized carbons (Fsp3) is 0.429. The van der Waals surface area contributed by atoms with Crippen LogP contribution in [-0.2, 0) is 4.74 Å². The number of nitrogens with one attached hydrogen (secondary N) is 1. The average Bonchev–Trinajstić information content (AvgIpc) is 2.39. The zero-order valence-corrected chi connectivity index (χ0v) is 11.9. The lowest BCUT2D eigenvalue weighted by Crippen LogP contribution is -2.49. The second-order valence-corrected chi connectivity index (χ2v) is 5.13. The van der Waals surface area contributed by atoms with Crippen molar-refractivity contribution in [3.63, 3.8) is 0 Å². The van der Waals surface area contributed by atoms with E-state index in [0.717, 1.165) is 6.07 Å². The van der Waals surface area contributed by atoms with E-state index in [9.17, 15) is 14.7 Å². The maximum Gasteiger partial charge on any atom is 0.337 e. The number of aromatic hydroxyl groups is 1. The van der Waals surface area contributed by atoms with Gasteiger partial charge in [0, 0.05) is 13.1 Å². The number of amides is 2. The van der Waals surface area contributed by atoms with Gasteiger partial charge in [0.2, 0.25) is 0 Å². The molecule has 0 aliphatic carbocycles. The van der Waals surface area contributed by atoms with E-state index in [2.05, 4.69) is 5.32 Å². The van der Waals surface area contributed by atoms with Crippen molar-refractivity contribution in [3.8, 4) is 5.75 Å². The van der Waals surface area contributed by atoms with Crippen LogP contribution in [0.25, 0.3) is 0 Å². The Balaban J connectivity index is 2.14. The predicted molar refractivity (Wildman–Crippen MR) is 75.7 cm³/mol. The number of hydrogen-bond donors (Lipinski definition) is 3. The van der Waals surface area contributed by atoms with E-state index in [4.69, 9.17) is 9.84 Å². The third kappa shape index (κ3) is 3.63. The summed E-state index contributed by atoms with van der Waals surface area (Å²) in [5.74, 6) is -1.39. The second kappa shape index (κ2) is 6.01. The van der Waals surface area contributed by atoms with Gasteiger partial charge in [-0.05, 0) is 32.0 Å². The lowest BCUT2D eigenvalue weighted by Gasteiger charge is -2.35. The molecular formula is C14H18N2O5. The van der Waals surface area contributed by atoms with Crippen molar-refractivity contribution in [1.29, 1.82) is 0 Å². The standard InChI is InChI=1S/C14H18N2O5/c1-8-6-16(7-9(2)21-8)14(20)15-12-4-3-10(17)5-11(12)13(18)19/h3-5,8-9,17H,6-7H2,1-2H3,(H,15,20)(H,18,19). The van der Waals surface area contributed by atoms with Crippen molar-refractivity contribution in [3.05, 3.63) is 23.8 Å². The van der Waals surface area contributed by atoms with Gasteiger partial charge < -0.3 is 25.2 Å². The van der Waals surface area contributed by atoms with E-state index >= 15 is 0 Å². The van der Waals surface area contributed by atoms with Crippen LogP contribution < -0.4 is 5.32 Å². The molecule has 1 aliphatic heterocycles. The molecule has 7 heteroatoms. The largest absolute Gasteiger partial charge is 0.508 e. The fourth-order valence-corrected chi connectivity index (χ4v) is 2.36. The number of carboxylic acids is 1. The summed E-state index contributed by atoms with van der Waals surface area (Å²) in [5.41, 5.74) is -0.00481. The van der Waals surface area contributed by atoms with E-state index < -0.39 is 5.97 Å². The monoisotopic (exact) mass is 294 g/mol. The molecule has 21 heavy (non-hydrogen) atoms. The maximum absolute atomic E-state index is 12.2. The Morgan fingerprint density at radius 1 is 1.29 bits per heavy atom. The summed E-state index contributed by atoms with van der Waals surface area (Å²) < 4.78 is 5.55. The Bertz CT molecular complexity index is 550. The molecule has 0 saturated carbocycles. The number of phenols is 1. The van der Waals surface area contributed by atoms with E-state index in [1.807, 2.05) is 13.8 Å². The lowest BCUT2D eigenvalue weighted by molar-refractivity contribution is -0.0530. The highest BCUT2D eigenvalue weighted by atomic mass is 16.5. The molecular weight excluding hydrogens is 276 g/mol. The molecule has 1 heterocycles. The van der Waals surface area contributed by atoms with Gasteiger partial charge in [-0.25, -0.2) is 9.59 Å². The minimum Gasteiger partial charge on any atom is -0.508 e. The van der Waals surface area contributed by atoms with Gasteiger partial charge in [-0.1, -0.05) is 0 Å². The summed E-state index contributed by atoms with van der Waals surface area (Å²) in [4.78, 5) is 24.9. The van der Waals surface area contributed by atoms with Crippen LogP contribution in [0.5, 0.6) is 5.75 Å². The Hall–Kier alpha value is -2.28. The third-order valence-corrected chi connectivity index (χ3v) is 3.18. The number of benzene rings is 1. The number of carboxylic acid groups (broad SMARTS) is 1. The zero-order chi connectivity index (χ0) is 15.6. The van der Waals surface area contributed by atoms with Crippen LogP contribution in [0.4, 0.5) is 10.5 Å². The molecule has 1 saturated heterocycles. The van der Waals surface area contributed by atoms with Gasteiger partial charge in [0.25, 0.3) is 0 Å². The Labute approximate surface area is 122 Å². The zero-order valence-electron chi connectivity index (χ0n) is 11.9. The number of carbonyl (C=O) groups excluding carboxylic acids is 1. The molecule has 114 valence electrons. The SMILES string of the molecule is CC1CN(C(=O)Nc2ccc(O)cc2C(=O)O)CC(C)O1. The Morgan fingerprint density at radius 2 is 1.90 bits per heavy atom. The highest BCUT2D eigenvalue weighted by molar-refractivity contribution is 6.00. The van der Waals surface area contributed by atoms with E-state index in [0.29, 0.717) is 13.1 Å². The van der Waals surface area contributed by atoms with E-state index in [1.54, 1.807) is 4.90 Å². The number of anilines is 1. The summed E-state index contributed by atoms with van der Waals surface area (Å²) in [5, 5.41) is 21.0. The van der Waals surface area contributed by atoms with Crippen molar-refractivity contribution >= 4 is 17.7 Å². The number of nitrogens with zero attached hydrogens (tertiary/aromatic N) is 1. The molecule has 0 bridgehead atoms. The fourth-order valence-electron chi connectivity index (χ4n) is 2.36. The number of carbonyl (C=O) groups is 2. The Morgan fingerprint density at radius 3 is 2.48 bits per heavy atom. The number of rotatable bonds is 2. The quantitative estimate of drug-likeness (QED) is 0.721. The molecule has 2 rings (SSSR count). The van der Waals surface area contributed by atoms with Gasteiger partial charge in [0.05, 0.1) is 23.5 Å². The van der Waals surface area contributed by atoms with Gasteiger partial charge >= 0.3 is 12.0 Å². The van der Waals surface area contributed by atoms with Gasteiger partial charge in [-0.15, -0.1) is 0 Å². The van der Waals surface area contributed by atoms with Crippen LogP contribution in [0.1, 0.15) is 24.2 Å². The van der Waals surface area contributed by atoms with Crippen LogP contribution in [0.15, 0.2) is 18.2 Å². The van der Waals surface area contributed by atoms with E-state index in [1.165, 1.54) is 12.1 Å². The molecule has 1 fully saturated rings. The smallest absolute Gasteiger partial charge is 0.337 e. The van der Waals surface area contributed by atoms with Gasteiger partial charge in [-0.3, -0.25) is 0 Å². The summed E-state index contributed by atoms with van der Waals surface area (Å²) in [6, 6.07) is 3.41. The van der Waals surface area contributed by atoms with Crippen molar-refractivity contribution < 1.29 is 24.5 Å². The maximum atomic E-state index is 12.2. The summed E-state index contributed by atoms with van der Waals surface area (Å²) in [7, 11) is 0. The molecule has 1 aromatic carbocycles. The topological polar surface area (TPSA) is 99.1 Å². The summed E-state index contributed by atoms with van der Waals surface area (Å²) >= 11 is 0. The van der Waals surface area contributed by atoms with Gasteiger partial charge in [-0.2, -0.15) is 0 Å². The normalized spacial score (nSPS) is 21.9. The second-order valence-electron chi connectivity index (χ2n) is 5.13. The third-order valence-electron chi connectivity index (χ3n) is 3.18. The van der Waals surface area contributed by atoms with Crippen molar-refractivity contribution in [2.24, 2.45) is 0 Å². The summed E-state index contributed by atoms with van der Waals surface area (Å²) in [6.45, 7) is 4.63. The number of hydrogen-bond acceptors (Lipinski definition) is 4. The number of phenolic OH excluding ortho intramolecular Hbond substituents is 1. The van der Waals surface area contributed by atoms with Crippen LogP contribution in [0.2, 0.25) is 0 Å². The number of morpholine rings is 1. The summed E-state index contributed by atoms with van der Waals surface area (Å²) in [6.07, 6.45) is -0.142. The molecule has 3 N–H and O–H groups in total. The minimum absolute atomic E-state index is 0.0711. The lowest BCUT2D eigenvalue weighted by atomic mass is 10.1. The first-order valence-corrected chi connectivity index (χ1v) is 6.64. The minimum atomic E-state index is -1.22. The molecule has 0 radical (unpaired) electrons. The molecule has 2 atom stereocenters. The van der Waals surface area contributed by atoms with Crippen molar-refractivity contribution in [2.75, 3.05) is 18.4 Å². The number of aromatic carboxylic acids is 1. The van der Waals surface area contributed by atoms with Crippen LogP contribution in [-0.4, -0.2) is 52.4 Å². The molecule has 0 aromatic heterocycles. The van der Waals surface area contributed by atoms with Gasteiger partial charge in [0.1, 0.15) is 5.75 Å². The first-order chi connectivity index (χ1) is 9.86. The molecule has 1 aromatic rings. The molecule has 1 aliphatic rings. The van der Waals surface area contributed by atoms with Crippen molar-refractivity contribution in [1.82, 2.24) is 4.90 Å². The highest BCUT2D eigenvalue weighted by Crippen LogP contribution is 2.22. The van der Waals surface area contributed by atoms with Gasteiger partial charge in [0.15, 0.2) is 0 Å². The molecule has 0 spiro atoms. The van der Waals surface area contributed by atoms with Crippen LogP contribution >= 0.6 is 0 Å². The first-order valence-electron chi connectivity index (χ1n) is 6.64. The molecule has 2 amide bonds. The van der Waals surface area contributed by atoms with Crippen LogP contribution in [0.3, 0.4) is 0 Å². The van der Waals surface area contributed by atoms with E-state index in [-0.39, 0.29) is 35.2 Å². The van der Waals surface area contributed by atoms with Crippen LogP contribution in [0, 0.1) is 0 Å². The van der Waals surface area contributed by atoms with Crippen molar-refractivity contribution in [2.45, 2.75) is 26.1 Å². The molecule has 7 nitrogen and oxygen atoms in total. The average molecular weight is 294 g/mol. The first kappa shape index (κ1) is 15.1. The Kier molecular flexibility index (Phi) is 4.32. The molecule has 2 unspecified atom stereocenters. The number of ether oxygens (including phenoxy) is 1.